The van der Waals surface area contributed by atoms with Crippen LogP contribution < -0.4 is 48.9 Å². The van der Waals surface area contributed by atoms with Gasteiger partial charge in [0, 0.05) is 74.2 Å². The first-order valence-corrected chi connectivity index (χ1v) is 19.0. The van der Waals surface area contributed by atoms with Crippen molar-refractivity contribution in [1.82, 2.24) is 19.9 Å². The van der Waals surface area contributed by atoms with Gasteiger partial charge in [-0.1, -0.05) is 13.8 Å². The summed E-state index contributed by atoms with van der Waals surface area (Å²) in [6, 6.07) is 10.7. The molecule has 0 bridgehead atoms. The monoisotopic (exact) mass is 818 g/mol. The zero-order valence-corrected chi connectivity index (χ0v) is 35.0. The molecule has 0 amide bonds. The number of carboxylic acid groups (broad SMARTS) is 1. The predicted octanol–water partition coefficient (Wildman–Crippen LogP) is 5.67. The summed E-state index contributed by atoms with van der Waals surface area (Å²) in [6.07, 6.45) is 4.82. The van der Waals surface area contributed by atoms with Gasteiger partial charge in [0.25, 0.3) is 0 Å². The van der Waals surface area contributed by atoms with E-state index in [1.54, 1.807) is 85.4 Å². The highest BCUT2D eigenvalue weighted by Crippen LogP contribution is 2.42. The second kappa shape index (κ2) is 20.3. The maximum Gasteiger partial charge on any atom is 0.310 e. The fraction of sp³-hybridized carbons (Fsp3) is 0.463. The largest absolute Gasteiger partial charge is 0.493 e. The molecule has 0 spiro atoms. The molecule has 3 N–H and O–H groups in total. The fourth-order valence-corrected chi connectivity index (χ4v) is 7.33. The number of carbonyl (C=O) groups excluding carboxylic acids is 1. The maximum absolute atomic E-state index is 12.0. The lowest BCUT2D eigenvalue weighted by atomic mass is 9.90. The molecule has 2 saturated heterocycles. The van der Waals surface area contributed by atoms with E-state index in [2.05, 4.69) is 49.3 Å². The number of esters is 1. The minimum absolute atomic E-state index is 0.166. The smallest absolute Gasteiger partial charge is 0.310 e. The lowest BCUT2D eigenvalue weighted by Crippen LogP contribution is -2.43. The van der Waals surface area contributed by atoms with Crippen molar-refractivity contribution in [3.63, 3.8) is 0 Å². The van der Waals surface area contributed by atoms with Crippen LogP contribution in [0, 0.1) is 23.7 Å². The first-order chi connectivity index (χ1) is 28.4. The number of piperidine rings is 2. The van der Waals surface area contributed by atoms with Crippen molar-refractivity contribution in [3.8, 4) is 34.5 Å². The third-order valence-corrected chi connectivity index (χ3v) is 9.97. The molecule has 2 aromatic carbocycles. The Bertz CT molecular complexity index is 2010. The molecule has 4 atom stereocenters. The molecule has 4 aromatic rings. The van der Waals surface area contributed by atoms with Gasteiger partial charge in [-0.25, -0.2) is 9.97 Å². The Hall–Kier alpha value is -6.46. The highest BCUT2D eigenvalue weighted by molar-refractivity contribution is 5.74. The van der Waals surface area contributed by atoms with Crippen LogP contribution in [-0.4, -0.2) is 113 Å². The number of hydrogen-bond acceptors (Lipinski definition) is 17. The number of nitrogens with one attached hydrogen (secondary N) is 2. The zero-order valence-electron chi connectivity index (χ0n) is 35.0. The van der Waals surface area contributed by atoms with Crippen LogP contribution in [-0.2, 0) is 14.3 Å². The maximum atomic E-state index is 12.0. The summed E-state index contributed by atoms with van der Waals surface area (Å²) in [5.74, 6) is 4.44. The van der Waals surface area contributed by atoms with Crippen LogP contribution in [0.5, 0.6) is 34.5 Å². The molecular formula is C41H54N8O10. The van der Waals surface area contributed by atoms with E-state index in [1.807, 2.05) is 11.0 Å². The van der Waals surface area contributed by atoms with Crippen LogP contribution >= 0.6 is 0 Å². The lowest BCUT2D eigenvalue weighted by Gasteiger charge is -2.36. The number of carboxylic acids is 1. The molecule has 0 saturated carbocycles. The van der Waals surface area contributed by atoms with Crippen molar-refractivity contribution >= 4 is 46.8 Å². The quantitative estimate of drug-likeness (QED) is 0.131. The molecule has 6 rings (SSSR count). The zero-order chi connectivity index (χ0) is 42.6. The Kier molecular flexibility index (Phi) is 15.0. The van der Waals surface area contributed by atoms with Crippen LogP contribution in [0.1, 0.15) is 26.7 Å². The summed E-state index contributed by atoms with van der Waals surface area (Å²) in [4.78, 5) is 45.4. The molecule has 18 heteroatoms. The van der Waals surface area contributed by atoms with Gasteiger partial charge in [0.15, 0.2) is 23.0 Å². The average Bonchev–Trinajstić information content (AvgIpc) is 3.25. The molecule has 2 aliphatic rings. The van der Waals surface area contributed by atoms with Gasteiger partial charge in [-0.2, -0.15) is 9.97 Å². The van der Waals surface area contributed by atoms with E-state index in [-0.39, 0.29) is 17.8 Å². The minimum Gasteiger partial charge on any atom is -0.493 e. The van der Waals surface area contributed by atoms with Crippen molar-refractivity contribution < 1.29 is 47.9 Å². The molecule has 0 aliphatic carbocycles. The number of nitrogens with zero attached hydrogens (tertiary/aromatic N) is 6. The number of hydrogen-bond donors (Lipinski definition) is 3. The molecule has 318 valence electrons. The number of aromatic nitrogens is 4. The number of carbonyl (C=O) groups is 2. The topological polar surface area (TPSA) is 201 Å². The van der Waals surface area contributed by atoms with Crippen molar-refractivity contribution in [2.45, 2.75) is 26.7 Å². The highest BCUT2D eigenvalue weighted by atomic mass is 16.5. The number of aliphatic carboxylic acids is 1. The van der Waals surface area contributed by atoms with E-state index in [1.165, 1.54) is 7.11 Å². The summed E-state index contributed by atoms with van der Waals surface area (Å²) in [5.41, 5.74) is 1.37. The van der Waals surface area contributed by atoms with Gasteiger partial charge in [-0.15, -0.1) is 0 Å². The van der Waals surface area contributed by atoms with Crippen molar-refractivity contribution in [3.05, 3.63) is 48.8 Å². The second-order valence-corrected chi connectivity index (χ2v) is 14.3. The Balaban J connectivity index is 0.000000224. The third kappa shape index (κ3) is 10.9. The van der Waals surface area contributed by atoms with Crippen LogP contribution in [0.3, 0.4) is 0 Å². The van der Waals surface area contributed by atoms with Crippen LogP contribution in [0.4, 0.5) is 34.9 Å². The summed E-state index contributed by atoms with van der Waals surface area (Å²) < 4.78 is 37.2. The molecule has 59 heavy (non-hydrogen) atoms. The minimum atomic E-state index is -0.772. The third-order valence-electron chi connectivity index (χ3n) is 9.97. The molecule has 0 radical (unpaired) electrons. The normalized spacial score (nSPS) is 18.7. The number of methoxy groups -OCH3 is 7. The molecule has 2 aromatic heterocycles. The predicted molar refractivity (Wildman–Crippen MR) is 221 cm³/mol. The SMILES string of the molecule is COC(=O)C1CC(C)CN(c2ccnc(Nc3cc(OC)c(OC)c(OC)c3)n2)C1.COc1cc(Nc2nccc(N3CC(C)CC(C(=O)O)C3)n2)cc(OC)c1OC. The average molecular weight is 819 g/mol. The van der Waals surface area contributed by atoms with E-state index < -0.39 is 11.9 Å². The Morgan fingerprint density at radius 2 is 1.00 bits per heavy atom. The van der Waals surface area contributed by atoms with Gasteiger partial charge < -0.3 is 58.7 Å². The Labute approximate surface area is 344 Å². The first kappa shape index (κ1) is 43.7. The van der Waals surface area contributed by atoms with Crippen molar-refractivity contribution in [2.24, 2.45) is 23.7 Å². The first-order valence-electron chi connectivity index (χ1n) is 19.0. The van der Waals surface area contributed by atoms with Gasteiger partial charge in [-0.3, -0.25) is 9.59 Å². The number of rotatable bonds is 14. The summed E-state index contributed by atoms with van der Waals surface area (Å²) in [5, 5.41) is 15.7. The van der Waals surface area contributed by atoms with Gasteiger partial charge in [-0.05, 0) is 36.8 Å². The Morgan fingerprint density at radius 1 is 0.610 bits per heavy atom. The highest BCUT2D eigenvalue weighted by Gasteiger charge is 2.32. The molecule has 4 heterocycles. The summed E-state index contributed by atoms with van der Waals surface area (Å²) in [6.45, 7) is 6.74. The summed E-state index contributed by atoms with van der Waals surface area (Å²) in [7, 11) is 10.8. The van der Waals surface area contributed by atoms with E-state index in [4.69, 9.17) is 33.2 Å². The van der Waals surface area contributed by atoms with E-state index in [0.29, 0.717) is 89.0 Å². The van der Waals surface area contributed by atoms with E-state index in [0.717, 1.165) is 25.3 Å². The molecule has 4 unspecified atom stereocenters. The standard InChI is InChI=1S/C21H28N4O5.C20H26N4O5/c1-13-8-14(20(26)30-5)12-25(11-13)18-6-7-22-21(24-18)23-15-9-16(27-2)19(29-4)17(10-15)28-3;1-12-7-13(19(25)26)11-24(10-12)17-5-6-21-20(23-17)22-14-8-15(27-2)18(29-4)16(9-14)28-3/h6-7,9-10,13-14H,8,11-12H2,1-5H3,(H,22,23,24);5-6,8-9,12-13H,7,10-11H2,1-4H3,(H,25,26)(H,21,22,23). The molecular weight excluding hydrogens is 764 g/mol. The second-order valence-electron chi connectivity index (χ2n) is 14.3. The molecule has 2 aliphatic heterocycles. The molecule has 18 nitrogen and oxygen atoms in total. The lowest BCUT2D eigenvalue weighted by molar-refractivity contribution is -0.146. The number of benzene rings is 2. The number of anilines is 6. The van der Waals surface area contributed by atoms with Gasteiger partial charge in [0.2, 0.25) is 23.4 Å². The van der Waals surface area contributed by atoms with Crippen LogP contribution in [0.25, 0.3) is 0 Å². The Morgan fingerprint density at radius 3 is 1.36 bits per heavy atom. The molecule has 2 fully saturated rings. The van der Waals surface area contributed by atoms with E-state index in [9.17, 15) is 14.7 Å². The van der Waals surface area contributed by atoms with Crippen molar-refractivity contribution in [2.75, 3.05) is 96.4 Å². The summed E-state index contributed by atoms with van der Waals surface area (Å²) >= 11 is 0. The van der Waals surface area contributed by atoms with Crippen LogP contribution in [0.15, 0.2) is 48.8 Å². The van der Waals surface area contributed by atoms with Gasteiger partial charge >= 0.3 is 11.9 Å². The van der Waals surface area contributed by atoms with Crippen molar-refractivity contribution in [1.29, 1.82) is 0 Å². The fourth-order valence-electron chi connectivity index (χ4n) is 7.33. The van der Waals surface area contributed by atoms with E-state index >= 15 is 0 Å². The van der Waals surface area contributed by atoms with Gasteiger partial charge in [0.05, 0.1) is 61.6 Å². The van der Waals surface area contributed by atoms with Gasteiger partial charge in [0.1, 0.15) is 11.6 Å². The number of ether oxygens (including phenoxy) is 7. The van der Waals surface area contributed by atoms with Crippen LogP contribution in [0.2, 0.25) is 0 Å².